The normalized spacial score (nSPS) is 12.2. The zero-order valence-corrected chi connectivity index (χ0v) is 8.77. The molecule has 0 aliphatic heterocycles. The fourth-order valence-electron chi connectivity index (χ4n) is 1.07. The predicted octanol–water partition coefficient (Wildman–Crippen LogP) is 3.06. The summed E-state index contributed by atoms with van der Waals surface area (Å²) in [7, 11) is 0. The van der Waals surface area contributed by atoms with Gasteiger partial charge >= 0.3 is 0 Å². The molecule has 1 aromatic carbocycles. The van der Waals surface area contributed by atoms with Crippen molar-refractivity contribution in [3.63, 3.8) is 0 Å². The molecule has 0 spiro atoms. The maximum absolute atomic E-state index is 13.4. The summed E-state index contributed by atoms with van der Waals surface area (Å²) in [6.45, 7) is 1.42. The van der Waals surface area contributed by atoms with Crippen LogP contribution in [0.4, 0.5) is 8.78 Å². The molecule has 74 valence electrons. The molecule has 0 amide bonds. The van der Waals surface area contributed by atoms with Crippen LogP contribution < -0.4 is 0 Å². The van der Waals surface area contributed by atoms with Gasteiger partial charge in [0, 0.05) is 11.6 Å². The third-order valence-electron chi connectivity index (χ3n) is 1.80. The Bertz CT molecular complexity index is 414. The second-order valence-electron chi connectivity index (χ2n) is 2.77. The van der Waals surface area contributed by atoms with Crippen LogP contribution in [0.25, 0.3) is 0 Å². The number of phenolic OH excluding ortho intramolecular Hbond substituents is 1. The third-order valence-corrected chi connectivity index (χ3v) is 2.53. The molecule has 5 heteroatoms. The molecule has 2 nitrogen and oxygen atoms in total. The highest BCUT2D eigenvalue weighted by molar-refractivity contribution is 9.10. The molecule has 1 N–H and O–H groups in total. The maximum Gasteiger partial charge on any atom is 0.148 e. The zero-order valence-electron chi connectivity index (χ0n) is 7.18. The smallest absolute Gasteiger partial charge is 0.148 e. The SMILES string of the molecule is CC(C#N)c1c(O)cc(F)c(Br)c1F. The van der Waals surface area contributed by atoms with Crippen molar-refractivity contribution in [3.05, 3.63) is 27.7 Å². The summed E-state index contributed by atoms with van der Waals surface area (Å²) < 4.78 is 25.9. The lowest BCUT2D eigenvalue weighted by atomic mass is 10.0. The van der Waals surface area contributed by atoms with Crippen LogP contribution in [0.3, 0.4) is 0 Å². The fraction of sp³-hybridized carbons (Fsp3) is 0.222. The van der Waals surface area contributed by atoms with Gasteiger partial charge in [0.15, 0.2) is 0 Å². The average Bonchev–Trinajstić information content (AvgIpc) is 2.14. The Morgan fingerprint density at radius 1 is 1.57 bits per heavy atom. The summed E-state index contributed by atoms with van der Waals surface area (Å²) in [5.41, 5.74) is -0.194. The molecule has 0 aliphatic rings. The molecule has 0 aromatic heterocycles. The van der Waals surface area contributed by atoms with Crippen molar-refractivity contribution in [3.8, 4) is 11.8 Å². The topological polar surface area (TPSA) is 44.0 Å². The van der Waals surface area contributed by atoms with Gasteiger partial charge in [-0.25, -0.2) is 8.78 Å². The summed E-state index contributed by atoms with van der Waals surface area (Å²) in [4.78, 5) is 0. The van der Waals surface area contributed by atoms with Crippen LogP contribution in [0.5, 0.6) is 5.75 Å². The summed E-state index contributed by atoms with van der Waals surface area (Å²) in [6.07, 6.45) is 0. The van der Waals surface area contributed by atoms with Crippen LogP contribution in [0.2, 0.25) is 0 Å². The Morgan fingerprint density at radius 2 is 2.14 bits per heavy atom. The van der Waals surface area contributed by atoms with E-state index in [1.807, 2.05) is 0 Å². The van der Waals surface area contributed by atoms with E-state index >= 15 is 0 Å². The Balaban J connectivity index is 3.45. The standard InChI is InChI=1S/C9H6BrF2NO/c1-4(3-13)7-6(14)2-5(11)8(10)9(7)12/h2,4,14H,1H3. The van der Waals surface area contributed by atoms with Crippen LogP contribution >= 0.6 is 15.9 Å². The maximum atomic E-state index is 13.4. The van der Waals surface area contributed by atoms with Gasteiger partial charge in [0.2, 0.25) is 0 Å². The van der Waals surface area contributed by atoms with E-state index in [-0.39, 0.29) is 10.0 Å². The van der Waals surface area contributed by atoms with Gasteiger partial charge in [0.25, 0.3) is 0 Å². The number of phenols is 1. The predicted molar refractivity (Wildman–Crippen MR) is 49.8 cm³/mol. The highest BCUT2D eigenvalue weighted by Gasteiger charge is 2.20. The fourth-order valence-corrected chi connectivity index (χ4v) is 1.40. The molecule has 0 saturated carbocycles. The molecule has 1 aromatic rings. The summed E-state index contributed by atoms with van der Waals surface area (Å²) in [5.74, 6) is -3.20. The first-order valence-corrected chi connectivity index (χ1v) is 4.54. The summed E-state index contributed by atoms with van der Waals surface area (Å²) in [5, 5.41) is 17.8. The Kier molecular flexibility index (Phi) is 3.06. The van der Waals surface area contributed by atoms with Crippen LogP contribution in [-0.4, -0.2) is 5.11 Å². The van der Waals surface area contributed by atoms with Crippen molar-refractivity contribution in [1.29, 1.82) is 5.26 Å². The number of hydrogen-bond donors (Lipinski definition) is 1. The van der Waals surface area contributed by atoms with Crippen molar-refractivity contribution >= 4 is 15.9 Å². The van der Waals surface area contributed by atoms with Crippen molar-refractivity contribution in [2.75, 3.05) is 0 Å². The van der Waals surface area contributed by atoms with Crippen LogP contribution in [0.1, 0.15) is 18.4 Å². The van der Waals surface area contributed by atoms with Gasteiger partial charge in [-0.1, -0.05) is 0 Å². The van der Waals surface area contributed by atoms with Gasteiger partial charge in [-0.05, 0) is 22.9 Å². The van der Waals surface area contributed by atoms with Gasteiger partial charge < -0.3 is 5.11 Å². The highest BCUT2D eigenvalue weighted by Crippen LogP contribution is 2.34. The second kappa shape index (κ2) is 3.93. The summed E-state index contributed by atoms with van der Waals surface area (Å²) in [6, 6.07) is 2.54. The molecule has 0 heterocycles. The average molecular weight is 262 g/mol. The zero-order chi connectivity index (χ0) is 10.9. The van der Waals surface area contributed by atoms with Crippen LogP contribution in [0.15, 0.2) is 10.5 Å². The van der Waals surface area contributed by atoms with E-state index in [2.05, 4.69) is 15.9 Å². The molecule has 14 heavy (non-hydrogen) atoms. The molecule has 0 radical (unpaired) electrons. The first-order chi connectivity index (χ1) is 6.49. The molecule has 1 rings (SSSR count). The Morgan fingerprint density at radius 3 is 2.64 bits per heavy atom. The lowest BCUT2D eigenvalue weighted by Gasteiger charge is -2.09. The minimum absolute atomic E-state index is 0.194. The van der Waals surface area contributed by atoms with E-state index in [4.69, 9.17) is 5.26 Å². The second-order valence-corrected chi connectivity index (χ2v) is 3.56. The minimum Gasteiger partial charge on any atom is -0.507 e. The van der Waals surface area contributed by atoms with Crippen LogP contribution in [0, 0.1) is 23.0 Å². The van der Waals surface area contributed by atoms with Gasteiger partial charge in [-0.2, -0.15) is 5.26 Å². The molecule has 0 saturated heterocycles. The van der Waals surface area contributed by atoms with E-state index in [0.29, 0.717) is 0 Å². The number of aromatic hydroxyl groups is 1. The van der Waals surface area contributed by atoms with E-state index in [1.54, 1.807) is 6.07 Å². The van der Waals surface area contributed by atoms with E-state index in [0.717, 1.165) is 6.07 Å². The number of nitrogens with zero attached hydrogens (tertiary/aromatic N) is 1. The van der Waals surface area contributed by atoms with Crippen molar-refractivity contribution in [2.24, 2.45) is 0 Å². The molecule has 0 bridgehead atoms. The molecular formula is C9H6BrF2NO. The Labute approximate surface area is 87.9 Å². The van der Waals surface area contributed by atoms with Crippen molar-refractivity contribution in [2.45, 2.75) is 12.8 Å². The van der Waals surface area contributed by atoms with Crippen LogP contribution in [-0.2, 0) is 0 Å². The van der Waals surface area contributed by atoms with Gasteiger partial charge in [-0.3, -0.25) is 0 Å². The lowest BCUT2D eigenvalue weighted by Crippen LogP contribution is -1.98. The van der Waals surface area contributed by atoms with Crippen molar-refractivity contribution < 1.29 is 13.9 Å². The highest BCUT2D eigenvalue weighted by atomic mass is 79.9. The van der Waals surface area contributed by atoms with E-state index < -0.39 is 23.3 Å². The molecule has 1 unspecified atom stereocenters. The molecule has 1 atom stereocenters. The minimum atomic E-state index is -0.934. The molecule has 0 fully saturated rings. The van der Waals surface area contributed by atoms with Gasteiger partial charge in [0.1, 0.15) is 17.4 Å². The largest absolute Gasteiger partial charge is 0.507 e. The number of hydrogen-bond acceptors (Lipinski definition) is 2. The number of nitriles is 1. The molecule has 0 aliphatic carbocycles. The third kappa shape index (κ3) is 1.70. The van der Waals surface area contributed by atoms with Gasteiger partial charge in [0.05, 0.1) is 16.5 Å². The van der Waals surface area contributed by atoms with Gasteiger partial charge in [-0.15, -0.1) is 0 Å². The number of halogens is 3. The van der Waals surface area contributed by atoms with E-state index in [9.17, 15) is 13.9 Å². The lowest BCUT2D eigenvalue weighted by molar-refractivity contribution is 0.446. The van der Waals surface area contributed by atoms with E-state index in [1.165, 1.54) is 6.92 Å². The number of benzene rings is 1. The Hall–Kier alpha value is -1.15. The first-order valence-electron chi connectivity index (χ1n) is 3.75. The quantitative estimate of drug-likeness (QED) is 0.790. The molecular weight excluding hydrogens is 256 g/mol. The number of rotatable bonds is 1. The summed E-state index contributed by atoms with van der Waals surface area (Å²) >= 11 is 2.69. The van der Waals surface area contributed by atoms with Crippen molar-refractivity contribution in [1.82, 2.24) is 0 Å². The monoisotopic (exact) mass is 261 g/mol. The first kappa shape index (κ1) is 10.9.